The second-order valence-electron chi connectivity index (χ2n) is 4.78. The fourth-order valence-electron chi connectivity index (χ4n) is 2.06. The summed E-state index contributed by atoms with van der Waals surface area (Å²) in [6.07, 6.45) is 1.50. The molecule has 0 aliphatic carbocycles. The number of hydrogen-bond acceptors (Lipinski definition) is 5. The van der Waals surface area contributed by atoms with Gasteiger partial charge in [-0.2, -0.15) is 0 Å². The van der Waals surface area contributed by atoms with Crippen molar-refractivity contribution in [3.63, 3.8) is 0 Å². The van der Waals surface area contributed by atoms with Crippen molar-refractivity contribution in [2.24, 2.45) is 0 Å². The zero-order valence-electron chi connectivity index (χ0n) is 12.5. The first-order chi connectivity index (χ1) is 11.2. The van der Waals surface area contributed by atoms with Gasteiger partial charge in [-0.05, 0) is 30.3 Å². The van der Waals surface area contributed by atoms with Gasteiger partial charge in [-0.15, -0.1) is 0 Å². The molecule has 23 heavy (non-hydrogen) atoms. The van der Waals surface area contributed by atoms with E-state index in [0.717, 1.165) is 17.1 Å². The zero-order chi connectivity index (χ0) is 16.1. The standard InChI is InChI=1S/C17H15ClN4O/c1-23-15-7-3-6-14(9-15)22-17-10-16(19-11-20-17)21-13-5-2-4-12(18)8-13/h2-11H,1H3,(H2,19,20,21,22). The summed E-state index contributed by atoms with van der Waals surface area (Å²) >= 11 is 5.98. The topological polar surface area (TPSA) is 59.1 Å². The minimum atomic E-state index is 0.666. The molecule has 0 aliphatic heterocycles. The summed E-state index contributed by atoms with van der Waals surface area (Å²) < 4.78 is 5.21. The van der Waals surface area contributed by atoms with E-state index in [4.69, 9.17) is 16.3 Å². The molecule has 3 rings (SSSR count). The van der Waals surface area contributed by atoms with Crippen molar-refractivity contribution in [2.75, 3.05) is 17.7 Å². The number of aromatic nitrogens is 2. The molecule has 0 saturated carbocycles. The maximum absolute atomic E-state index is 5.98. The fourth-order valence-corrected chi connectivity index (χ4v) is 2.25. The first-order valence-electron chi connectivity index (χ1n) is 6.99. The summed E-state index contributed by atoms with van der Waals surface area (Å²) in [6.45, 7) is 0. The normalized spacial score (nSPS) is 10.2. The Bertz CT molecular complexity index is 810. The lowest BCUT2D eigenvalue weighted by molar-refractivity contribution is 0.415. The maximum Gasteiger partial charge on any atom is 0.135 e. The Kier molecular flexibility index (Phi) is 4.59. The Morgan fingerprint density at radius 3 is 2.17 bits per heavy atom. The summed E-state index contributed by atoms with van der Waals surface area (Å²) in [5.74, 6) is 2.13. The van der Waals surface area contributed by atoms with E-state index in [9.17, 15) is 0 Å². The lowest BCUT2D eigenvalue weighted by atomic mass is 10.3. The van der Waals surface area contributed by atoms with Gasteiger partial charge in [0.05, 0.1) is 7.11 Å². The molecule has 0 aliphatic rings. The molecule has 0 atom stereocenters. The van der Waals surface area contributed by atoms with Crippen LogP contribution in [0.4, 0.5) is 23.0 Å². The van der Waals surface area contributed by atoms with Gasteiger partial charge < -0.3 is 15.4 Å². The van der Waals surface area contributed by atoms with Gasteiger partial charge in [0, 0.05) is 28.5 Å². The second-order valence-corrected chi connectivity index (χ2v) is 5.22. The Labute approximate surface area is 139 Å². The van der Waals surface area contributed by atoms with Gasteiger partial charge in [-0.25, -0.2) is 9.97 Å². The predicted octanol–water partition coefficient (Wildman–Crippen LogP) is 4.63. The average Bonchev–Trinajstić information content (AvgIpc) is 2.55. The number of halogens is 1. The summed E-state index contributed by atoms with van der Waals surface area (Å²) in [6, 6.07) is 16.9. The lowest BCUT2D eigenvalue weighted by Crippen LogP contribution is -1.98. The quantitative estimate of drug-likeness (QED) is 0.716. The average molecular weight is 327 g/mol. The molecule has 0 bridgehead atoms. The minimum Gasteiger partial charge on any atom is -0.497 e. The van der Waals surface area contributed by atoms with E-state index < -0.39 is 0 Å². The number of nitrogens with zero attached hydrogens (tertiary/aromatic N) is 2. The first kappa shape index (κ1) is 15.1. The number of anilines is 4. The van der Waals surface area contributed by atoms with E-state index in [1.165, 1.54) is 6.33 Å². The lowest BCUT2D eigenvalue weighted by Gasteiger charge is -2.09. The molecule has 0 radical (unpaired) electrons. The molecule has 1 aromatic heterocycles. The smallest absolute Gasteiger partial charge is 0.135 e. The molecule has 0 spiro atoms. The molecule has 0 amide bonds. The van der Waals surface area contributed by atoms with Crippen LogP contribution in [0, 0.1) is 0 Å². The Morgan fingerprint density at radius 2 is 1.52 bits per heavy atom. The molecular weight excluding hydrogens is 312 g/mol. The van der Waals surface area contributed by atoms with Gasteiger partial charge in [0.2, 0.25) is 0 Å². The van der Waals surface area contributed by atoms with Gasteiger partial charge in [-0.1, -0.05) is 23.7 Å². The van der Waals surface area contributed by atoms with Gasteiger partial charge in [0.15, 0.2) is 0 Å². The highest BCUT2D eigenvalue weighted by molar-refractivity contribution is 6.30. The predicted molar refractivity (Wildman–Crippen MR) is 93.0 cm³/mol. The largest absolute Gasteiger partial charge is 0.497 e. The van der Waals surface area contributed by atoms with Crippen LogP contribution in [0.15, 0.2) is 60.9 Å². The van der Waals surface area contributed by atoms with Crippen molar-refractivity contribution in [1.29, 1.82) is 0 Å². The third kappa shape index (κ3) is 4.11. The van der Waals surface area contributed by atoms with Crippen LogP contribution in [0.25, 0.3) is 0 Å². The van der Waals surface area contributed by atoms with Crippen molar-refractivity contribution in [3.05, 3.63) is 65.9 Å². The van der Waals surface area contributed by atoms with Crippen LogP contribution < -0.4 is 15.4 Å². The molecule has 1 heterocycles. The molecule has 0 fully saturated rings. The van der Waals surface area contributed by atoms with Crippen LogP contribution in [-0.2, 0) is 0 Å². The number of ether oxygens (including phenoxy) is 1. The summed E-state index contributed by atoms with van der Waals surface area (Å²) in [4.78, 5) is 8.43. The van der Waals surface area contributed by atoms with Crippen molar-refractivity contribution in [2.45, 2.75) is 0 Å². The number of methoxy groups -OCH3 is 1. The molecule has 0 saturated heterocycles. The van der Waals surface area contributed by atoms with E-state index in [1.807, 2.05) is 54.6 Å². The van der Waals surface area contributed by atoms with Crippen molar-refractivity contribution in [3.8, 4) is 5.75 Å². The van der Waals surface area contributed by atoms with E-state index >= 15 is 0 Å². The SMILES string of the molecule is COc1cccc(Nc2cc(Nc3cccc(Cl)c3)ncn2)c1. The van der Waals surface area contributed by atoms with Crippen LogP contribution in [-0.4, -0.2) is 17.1 Å². The van der Waals surface area contributed by atoms with E-state index in [-0.39, 0.29) is 0 Å². The fraction of sp³-hybridized carbons (Fsp3) is 0.0588. The summed E-state index contributed by atoms with van der Waals surface area (Å²) in [5.41, 5.74) is 1.75. The number of benzene rings is 2. The second kappa shape index (κ2) is 6.98. The molecule has 2 aromatic carbocycles. The highest BCUT2D eigenvalue weighted by atomic mass is 35.5. The van der Waals surface area contributed by atoms with Crippen molar-refractivity contribution < 1.29 is 4.74 Å². The first-order valence-corrected chi connectivity index (χ1v) is 7.36. The Morgan fingerprint density at radius 1 is 0.870 bits per heavy atom. The van der Waals surface area contributed by atoms with E-state index in [0.29, 0.717) is 16.7 Å². The van der Waals surface area contributed by atoms with E-state index in [2.05, 4.69) is 20.6 Å². The molecule has 2 N–H and O–H groups in total. The third-order valence-corrected chi connectivity index (χ3v) is 3.34. The Balaban J connectivity index is 1.76. The maximum atomic E-state index is 5.98. The van der Waals surface area contributed by atoms with Gasteiger partial charge >= 0.3 is 0 Å². The monoisotopic (exact) mass is 326 g/mol. The number of rotatable bonds is 5. The van der Waals surface area contributed by atoms with Crippen LogP contribution >= 0.6 is 11.6 Å². The third-order valence-electron chi connectivity index (χ3n) is 3.11. The molecule has 6 heteroatoms. The highest BCUT2D eigenvalue weighted by Crippen LogP contribution is 2.23. The summed E-state index contributed by atoms with van der Waals surface area (Å²) in [5, 5.41) is 7.08. The molecule has 0 unspecified atom stereocenters. The Hall–Kier alpha value is -2.79. The zero-order valence-corrected chi connectivity index (χ0v) is 13.2. The van der Waals surface area contributed by atoms with Crippen molar-refractivity contribution in [1.82, 2.24) is 9.97 Å². The molecule has 116 valence electrons. The minimum absolute atomic E-state index is 0.666. The van der Waals surface area contributed by atoms with Crippen LogP contribution in [0.1, 0.15) is 0 Å². The molecular formula is C17H15ClN4O. The van der Waals surface area contributed by atoms with Gasteiger partial charge in [0.1, 0.15) is 23.7 Å². The number of hydrogen-bond donors (Lipinski definition) is 2. The van der Waals surface area contributed by atoms with Gasteiger partial charge in [0.25, 0.3) is 0 Å². The molecule has 3 aromatic rings. The van der Waals surface area contributed by atoms with Crippen LogP contribution in [0.3, 0.4) is 0 Å². The van der Waals surface area contributed by atoms with Gasteiger partial charge in [-0.3, -0.25) is 0 Å². The van der Waals surface area contributed by atoms with E-state index in [1.54, 1.807) is 7.11 Å². The van der Waals surface area contributed by atoms with Crippen molar-refractivity contribution >= 4 is 34.6 Å². The van der Waals surface area contributed by atoms with Crippen LogP contribution in [0.2, 0.25) is 5.02 Å². The van der Waals surface area contributed by atoms with Crippen LogP contribution in [0.5, 0.6) is 5.75 Å². The summed E-state index contributed by atoms with van der Waals surface area (Å²) in [7, 11) is 1.64. The molecule has 5 nitrogen and oxygen atoms in total. The highest BCUT2D eigenvalue weighted by Gasteiger charge is 2.02. The number of nitrogens with one attached hydrogen (secondary N) is 2.